The van der Waals surface area contributed by atoms with Crippen molar-refractivity contribution in [1.29, 1.82) is 0 Å². The Balaban J connectivity index is 2.04. The third kappa shape index (κ3) is 5.83. The molecule has 0 spiro atoms. The van der Waals surface area contributed by atoms with Crippen molar-refractivity contribution in [2.75, 3.05) is 40.3 Å². The third-order valence-electron chi connectivity index (χ3n) is 3.19. The Bertz CT molecular complexity index is 192. The van der Waals surface area contributed by atoms with Crippen LogP contribution in [0.1, 0.15) is 33.1 Å². The molecule has 1 saturated heterocycles. The first-order valence-electron chi connectivity index (χ1n) is 6.49. The molecule has 0 radical (unpaired) electrons. The van der Waals surface area contributed by atoms with Crippen molar-refractivity contribution in [1.82, 2.24) is 10.2 Å². The molecule has 3 heteroatoms. The molecule has 0 aromatic heterocycles. The fourth-order valence-corrected chi connectivity index (χ4v) is 2.36. The van der Waals surface area contributed by atoms with Crippen LogP contribution in [0.5, 0.6) is 0 Å². The van der Waals surface area contributed by atoms with Crippen LogP contribution in [-0.2, 0) is 4.74 Å². The fourth-order valence-electron chi connectivity index (χ4n) is 2.36. The number of nitrogens with one attached hydrogen (secondary N) is 1. The van der Waals surface area contributed by atoms with E-state index in [9.17, 15) is 0 Å². The zero-order chi connectivity index (χ0) is 12.0. The van der Waals surface area contributed by atoms with Crippen molar-refractivity contribution in [3.63, 3.8) is 0 Å². The highest BCUT2D eigenvalue weighted by Gasteiger charge is 2.28. The van der Waals surface area contributed by atoms with Gasteiger partial charge in [-0.05, 0) is 72.8 Å². The number of rotatable bonds is 6. The summed E-state index contributed by atoms with van der Waals surface area (Å²) in [6.07, 6.45) is 3.64. The van der Waals surface area contributed by atoms with Gasteiger partial charge in [0, 0.05) is 6.61 Å². The lowest BCUT2D eigenvalue weighted by molar-refractivity contribution is -0.0717. The minimum absolute atomic E-state index is 0.0915. The summed E-state index contributed by atoms with van der Waals surface area (Å²) in [5, 5.41) is 3.57. The lowest BCUT2D eigenvalue weighted by Crippen LogP contribution is -2.38. The average molecular weight is 228 g/mol. The van der Waals surface area contributed by atoms with Crippen LogP contribution in [0, 0.1) is 5.92 Å². The first kappa shape index (κ1) is 13.9. The summed E-state index contributed by atoms with van der Waals surface area (Å²) in [6, 6.07) is 0. The van der Waals surface area contributed by atoms with Gasteiger partial charge in [-0.1, -0.05) is 0 Å². The zero-order valence-corrected chi connectivity index (χ0v) is 11.4. The van der Waals surface area contributed by atoms with Crippen molar-refractivity contribution in [3.05, 3.63) is 0 Å². The highest BCUT2D eigenvalue weighted by Crippen LogP contribution is 2.27. The Morgan fingerprint density at radius 2 is 2.12 bits per heavy atom. The van der Waals surface area contributed by atoms with E-state index in [0.29, 0.717) is 0 Å². The summed E-state index contributed by atoms with van der Waals surface area (Å²) in [4.78, 5) is 2.24. The van der Waals surface area contributed by atoms with E-state index in [1.807, 2.05) is 0 Å². The molecule has 1 aliphatic heterocycles. The highest BCUT2D eigenvalue weighted by molar-refractivity contribution is 4.79. The Kier molecular flexibility index (Phi) is 5.73. The molecule has 1 N–H and O–H groups in total. The molecule has 0 aliphatic carbocycles. The summed E-state index contributed by atoms with van der Waals surface area (Å²) < 4.78 is 5.72. The van der Waals surface area contributed by atoms with E-state index in [4.69, 9.17) is 4.74 Å². The molecule has 1 aliphatic rings. The predicted molar refractivity (Wildman–Crippen MR) is 68.8 cm³/mol. The maximum Gasteiger partial charge on any atom is 0.0629 e. The first-order valence-corrected chi connectivity index (χ1v) is 6.49. The van der Waals surface area contributed by atoms with E-state index in [1.165, 1.54) is 25.8 Å². The summed E-state index contributed by atoms with van der Waals surface area (Å²) in [7, 11) is 4.25. The van der Waals surface area contributed by atoms with Crippen LogP contribution in [0.25, 0.3) is 0 Å². The fraction of sp³-hybridized carbons (Fsp3) is 1.00. The number of ether oxygens (including phenoxy) is 1. The molecule has 0 aromatic rings. The Morgan fingerprint density at radius 1 is 1.38 bits per heavy atom. The molecule has 0 bridgehead atoms. The van der Waals surface area contributed by atoms with Crippen LogP contribution < -0.4 is 5.32 Å². The largest absolute Gasteiger partial charge is 0.376 e. The molecule has 1 rings (SSSR count). The Hall–Kier alpha value is -0.120. The minimum atomic E-state index is 0.0915. The van der Waals surface area contributed by atoms with Gasteiger partial charge in [0.25, 0.3) is 0 Å². The van der Waals surface area contributed by atoms with Crippen LogP contribution in [0.2, 0.25) is 0 Å². The molecule has 16 heavy (non-hydrogen) atoms. The number of hydrogen-bond donors (Lipinski definition) is 1. The maximum absolute atomic E-state index is 5.72. The van der Waals surface area contributed by atoms with Gasteiger partial charge in [0.05, 0.1) is 5.60 Å². The van der Waals surface area contributed by atoms with Gasteiger partial charge in [-0.2, -0.15) is 0 Å². The van der Waals surface area contributed by atoms with Gasteiger partial charge in [-0.15, -0.1) is 0 Å². The lowest BCUT2D eigenvalue weighted by atomic mass is 9.88. The SMILES string of the molecule is CN(C)CCCNC[C@@H]1CCOC(C)(C)C1. The second-order valence-electron chi connectivity index (χ2n) is 5.83. The van der Waals surface area contributed by atoms with Crippen LogP contribution >= 0.6 is 0 Å². The molecule has 96 valence electrons. The van der Waals surface area contributed by atoms with Crippen LogP contribution in [0.3, 0.4) is 0 Å². The summed E-state index contributed by atoms with van der Waals surface area (Å²) >= 11 is 0. The lowest BCUT2D eigenvalue weighted by Gasteiger charge is -2.35. The van der Waals surface area contributed by atoms with E-state index >= 15 is 0 Å². The van der Waals surface area contributed by atoms with Gasteiger partial charge in [0.1, 0.15) is 0 Å². The van der Waals surface area contributed by atoms with E-state index in [1.54, 1.807) is 0 Å². The monoisotopic (exact) mass is 228 g/mol. The molecule has 0 aromatic carbocycles. The molecule has 1 atom stereocenters. The zero-order valence-electron chi connectivity index (χ0n) is 11.4. The standard InChI is InChI=1S/C13H28N2O/c1-13(2)10-12(6-9-16-13)11-14-7-5-8-15(3)4/h12,14H,5-11H2,1-4H3/t12-/m1/s1. The predicted octanol–water partition coefficient (Wildman–Crippen LogP) is 1.73. The number of nitrogens with zero attached hydrogens (tertiary/aromatic N) is 1. The summed E-state index contributed by atoms with van der Waals surface area (Å²) in [6.45, 7) is 8.79. The molecule has 0 amide bonds. The molecule has 1 fully saturated rings. The van der Waals surface area contributed by atoms with Gasteiger partial charge in [0.2, 0.25) is 0 Å². The molecule has 0 unspecified atom stereocenters. The topological polar surface area (TPSA) is 24.5 Å². The smallest absolute Gasteiger partial charge is 0.0629 e. The van der Waals surface area contributed by atoms with Crippen LogP contribution in [-0.4, -0.2) is 50.8 Å². The average Bonchev–Trinajstić information content (AvgIpc) is 2.15. The van der Waals surface area contributed by atoms with Gasteiger partial charge >= 0.3 is 0 Å². The van der Waals surface area contributed by atoms with E-state index in [-0.39, 0.29) is 5.60 Å². The first-order chi connectivity index (χ1) is 7.49. The van der Waals surface area contributed by atoms with Gasteiger partial charge in [0.15, 0.2) is 0 Å². The summed E-state index contributed by atoms with van der Waals surface area (Å²) in [5.74, 6) is 0.795. The van der Waals surface area contributed by atoms with Crippen LogP contribution in [0.15, 0.2) is 0 Å². The number of hydrogen-bond acceptors (Lipinski definition) is 3. The van der Waals surface area contributed by atoms with Crippen molar-refractivity contribution >= 4 is 0 Å². The maximum atomic E-state index is 5.72. The second-order valence-corrected chi connectivity index (χ2v) is 5.83. The molecular formula is C13H28N2O. The highest BCUT2D eigenvalue weighted by atomic mass is 16.5. The van der Waals surface area contributed by atoms with Crippen LogP contribution in [0.4, 0.5) is 0 Å². The van der Waals surface area contributed by atoms with E-state index in [2.05, 4.69) is 38.2 Å². The van der Waals surface area contributed by atoms with Crippen molar-refractivity contribution in [2.24, 2.45) is 5.92 Å². The second kappa shape index (κ2) is 6.58. The molecule has 1 heterocycles. The van der Waals surface area contributed by atoms with Crippen molar-refractivity contribution < 1.29 is 4.74 Å². The van der Waals surface area contributed by atoms with Crippen molar-refractivity contribution in [2.45, 2.75) is 38.7 Å². The van der Waals surface area contributed by atoms with E-state index < -0.39 is 0 Å². The van der Waals surface area contributed by atoms with E-state index in [0.717, 1.165) is 25.6 Å². The quantitative estimate of drug-likeness (QED) is 0.701. The third-order valence-corrected chi connectivity index (χ3v) is 3.19. The normalized spacial score (nSPS) is 24.9. The van der Waals surface area contributed by atoms with Gasteiger partial charge in [-0.3, -0.25) is 0 Å². The Labute approximate surface area is 101 Å². The van der Waals surface area contributed by atoms with Gasteiger partial charge < -0.3 is 15.0 Å². The molecule has 0 saturated carbocycles. The van der Waals surface area contributed by atoms with Gasteiger partial charge in [-0.25, -0.2) is 0 Å². The molecular weight excluding hydrogens is 200 g/mol. The minimum Gasteiger partial charge on any atom is -0.376 e. The van der Waals surface area contributed by atoms with Crippen molar-refractivity contribution in [3.8, 4) is 0 Å². The Morgan fingerprint density at radius 3 is 2.75 bits per heavy atom. The molecule has 3 nitrogen and oxygen atoms in total. The summed E-state index contributed by atoms with van der Waals surface area (Å²) in [5.41, 5.74) is 0.0915.